The third kappa shape index (κ3) is 1.34. The van der Waals surface area contributed by atoms with Gasteiger partial charge in [0.1, 0.15) is 0 Å². The van der Waals surface area contributed by atoms with Crippen LogP contribution in [-0.4, -0.2) is 4.98 Å². The lowest BCUT2D eigenvalue weighted by Crippen LogP contribution is -1.70. The van der Waals surface area contributed by atoms with Gasteiger partial charge in [-0.1, -0.05) is 12.1 Å². The molecular weight excluding hydrogens is 186 g/mol. The van der Waals surface area contributed by atoms with E-state index in [2.05, 4.69) is 47.8 Å². The van der Waals surface area contributed by atoms with Crippen molar-refractivity contribution in [3.8, 4) is 0 Å². The van der Waals surface area contributed by atoms with Gasteiger partial charge in [0.05, 0.1) is 5.03 Å². The maximum Gasteiger partial charge on any atom is 0.0837 e. The Balaban J connectivity index is 2.67. The van der Waals surface area contributed by atoms with Crippen molar-refractivity contribution in [3.63, 3.8) is 0 Å². The predicted molar refractivity (Wildman–Crippen MR) is 57.9 cm³/mol. The van der Waals surface area contributed by atoms with Gasteiger partial charge in [-0.3, -0.25) is 0 Å². The molecule has 0 atom stereocenters. The second-order valence-electron chi connectivity index (χ2n) is 2.82. The Morgan fingerprint density at radius 1 is 1.33 bits per heavy atom. The van der Waals surface area contributed by atoms with Crippen molar-refractivity contribution in [2.45, 2.75) is 11.9 Å². The van der Waals surface area contributed by atoms with Crippen LogP contribution >= 0.6 is 22.5 Å². The Hall–Kier alpha value is -0.540. The summed E-state index contributed by atoms with van der Waals surface area (Å²) in [6, 6.07) is 8.48. The summed E-state index contributed by atoms with van der Waals surface area (Å²) in [5, 5.41) is 2.34. The number of hydrogen-bond donors (Lipinski definition) is 2. The van der Waals surface area contributed by atoms with Gasteiger partial charge in [0.2, 0.25) is 0 Å². The maximum atomic E-state index is 4.13. The van der Waals surface area contributed by atoms with E-state index in [4.69, 9.17) is 0 Å². The fraction of sp³-hybridized carbons (Fsp3) is 0.111. The highest BCUT2D eigenvalue weighted by Gasteiger charge is 1.98. The average molecular weight is 195 g/mol. The van der Waals surface area contributed by atoms with Crippen molar-refractivity contribution < 1.29 is 0 Å². The molecule has 0 aliphatic heterocycles. The van der Waals surface area contributed by atoms with E-state index in [0.29, 0.717) is 0 Å². The van der Waals surface area contributed by atoms with Gasteiger partial charge >= 0.3 is 0 Å². The Kier molecular flexibility index (Phi) is 2.07. The Labute approximate surface area is 80.4 Å². The number of fused-ring (bicyclic) bond motifs is 1. The highest BCUT2D eigenvalue weighted by Crippen LogP contribution is 2.25. The molecule has 0 saturated heterocycles. The molecule has 2 aromatic rings. The lowest BCUT2D eigenvalue weighted by Gasteiger charge is -1.90. The minimum Gasteiger partial charge on any atom is -0.349 e. The standard InChI is InChI=1S/C9H9NS2/c1-6-2-3-7-5-9(12-11)10-8(7)4-6/h2-5,10-11H,1H3. The van der Waals surface area contributed by atoms with E-state index in [1.54, 1.807) is 0 Å². The van der Waals surface area contributed by atoms with E-state index in [9.17, 15) is 0 Å². The first kappa shape index (κ1) is 8.08. The molecular formula is C9H9NS2. The van der Waals surface area contributed by atoms with Crippen molar-refractivity contribution in [2.75, 3.05) is 0 Å². The largest absolute Gasteiger partial charge is 0.349 e. The molecule has 0 spiro atoms. The average Bonchev–Trinajstić information content (AvgIpc) is 2.46. The molecule has 1 heterocycles. The van der Waals surface area contributed by atoms with Gasteiger partial charge in [-0.2, -0.15) is 0 Å². The summed E-state index contributed by atoms with van der Waals surface area (Å²) < 4.78 is 0. The van der Waals surface area contributed by atoms with Gasteiger partial charge in [0.15, 0.2) is 0 Å². The van der Waals surface area contributed by atoms with Crippen LogP contribution in [0.15, 0.2) is 29.3 Å². The number of nitrogens with one attached hydrogen (secondary N) is 1. The Morgan fingerprint density at radius 2 is 2.17 bits per heavy atom. The highest BCUT2D eigenvalue weighted by molar-refractivity contribution is 8.68. The lowest BCUT2D eigenvalue weighted by molar-refractivity contribution is 1.25. The van der Waals surface area contributed by atoms with Crippen molar-refractivity contribution in [1.29, 1.82) is 0 Å². The van der Waals surface area contributed by atoms with Crippen molar-refractivity contribution >= 4 is 33.4 Å². The van der Waals surface area contributed by atoms with Gasteiger partial charge in [-0.25, -0.2) is 0 Å². The van der Waals surface area contributed by atoms with Crippen LogP contribution in [0.3, 0.4) is 0 Å². The van der Waals surface area contributed by atoms with Crippen molar-refractivity contribution in [2.24, 2.45) is 0 Å². The summed E-state index contributed by atoms with van der Waals surface area (Å²) in [5.74, 6) is 0. The van der Waals surface area contributed by atoms with E-state index < -0.39 is 0 Å². The first-order chi connectivity index (χ1) is 5.79. The molecule has 62 valence electrons. The van der Waals surface area contributed by atoms with E-state index in [1.165, 1.54) is 27.3 Å². The topological polar surface area (TPSA) is 15.8 Å². The molecule has 3 heteroatoms. The zero-order chi connectivity index (χ0) is 8.55. The van der Waals surface area contributed by atoms with E-state index in [-0.39, 0.29) is 0 Å². The number of aryl methyl sites for hydroxylation is 1. The van der Waals surface area contributed by atoms with E-state index in [0.717, 1.165) is 5.03 Å². The monoisotopic (exact) mass is 195 g/mol. The van der Waals surface area contributed by atoms with Gasteiger partial charge < -0.3 is 4.98 Å². The molecule has 0 bridgehead atoms. The number of benzene rings is 1. The van der Waals surface area contributed by atoms with Crippen LogP contribution in [0.4, 0.5) is 0 Å². The molecule has 1 aromatic carbocycles. The summed E-state index contributed by atoms with van der Waals surface area (Å²) in [4.78, 5) is 3.27. The molecule has 0 saturated carbocycles. The van der Waals surface area contributed by atoms with Crippen molar-refractivity contribution in [1.82, 2.24) is 4.98 Å². The third-order valence-electron chi connectivity index (χ3n) is 1.85. The second-order valence-corrected chi connectivity index (χ2v) is 3.99. The van der Waals surface area contributed by atoms with E-state index in [1.807, 2.05) is 0 Å². The molecule has 1 aromatic heterocycles. The van der Waals surface area contributed by atoms with Crippen LogP contribution in [-0.2, 0) is 0 Å². The van der Waals surface area contributed by atoms with Gasteiger partial charge in [0, 0.05) is 10.9 Å². The molecule has 12 heavy (non-hydrogen) atoms. The first-order valence-corrected chi connectivity index (χ1v) is 5.57. The van der Waals surface area contributed by atoms with E-state index >= 15 is 0 Å². The quantitative estimate of drug-likeness (QED) is 0.526. The smallest absolute Gasteiger partial charge is 0.0837 e. The number of hydrogen-bond acceptors (Lipinski definition) is 2. The fourth-order valence-corrected chi connectivity index (χ4v) is 1.89. The predicted octanol–water partition coefficient (Wildman–Crippen LogP) is 3.41. The minimum atomic E-state index is 1.10. The molecule has 0 aliphatic rings. The van der Waals surface area contributed by atoms with Gasteiger partial charge in [-0.05, 0) is 35.4 Å². The minimum absolute atomic E-state index is 1.10. The molecule has 2 rings (SSSR count). The summed E-state index contributed by atoms with van der Waals surface area (Å²) in [7, 11) is 1.44. The van der Waals surface area contributed by atoms with Gasteiger partial charge in [-0.15, -0.1) is 11.7 Å². The Bertz CT molecular complexity index is 406. The van der Waals surface area contributed by atoms with Crippen molar-refractivity contribution in [3.05, 3.63) is 29.8 Å². The third-order valence-corrected chi connectivity index (χ3v) is 2.86. The number of rotatable bonds is 1. The van der Waals surface area contributed by atoms with Crippen LogP contribution in [0.5, 0.6) is 0 Å². The molecule has 0 aliphatic carbocycles. The Morgan fingerprint density at radius 3 is 2.92 bits per heavy atom. The van der Waals surface area contributed by atoms with Crippen LogP contribution < -0.4 is 0 Å². The molecule has 0 unspecified atom stereocenters. The summed E-state index contributed by atoms with van der Waals surface area (Å²) in [6.45, 7) is 2.09. The lowest BCUT2D eigenvalue weighted by atomic mass is 10.2. The summed E-state index contributed by atoms with van der Waals surface area (Å²) in [6.07, 6.45) is 0. The molecule has 0 fully saturated rings. The molecule has 0 radical (unpaired) electrons. The van der Waals surface area contributed by atoms with Crippen LogP contribution in [0.2, 0.25) is 0 Å². The molecule has 1 nitrogen and oxygen atoms in total. The molecule has 1 N–H and O–H groups in total. The van der Waals surface area contributed by atoms with Gasteiger partial charge in [0.25, 0.3) is 0 Å². The zero-order valence-corrected chi connectivity index (χ0v) is 8.38. The first-order valence-electron chi connectivity index (χ1n) is 3.70. The fourth-order valence-electron chi connectivity index (χ4n) is 1.26. The number of H-pyrrole nitrogens is 1. The summed E-state index contributed by atoms with van der Waals surface area (Å²) >= 11 is 4.13. The van der Waals surface area contributed by atoms with Crippen LogP contribution in [0.1, 0.15) is 5.56 Å². The number of aromatic nitrogens is 1. The number of thiol groups is 1. The number of aromatic amines is 1. The normalized spacial score (nSPS) is 10.8. The zero-order valence-electron chi connectivity index (χ0n) is 6.66. The van der Waals surface area contributed by atoms with Crippen LogP contribution in [0.25, 0.3) is 10.9 Å². The maximum absolute atomic E-state index is 4.13. The second kappa shape index (κ2) is 3.07. The van der Waals surface area contributed by atoms with Crippen LogP contribution in [0, 0.1) is 6.92 Å². The SMILES string of the molecule is Cc1ccc2cc(SS)[nH]c2c1. The molecule has 0 amide bonds. The highest BCUT2D eigenvalue weighted by atomic mass is 33.1. The summed E-state index contributed by atoms with van der Waals surface area (Å²) in [5.41, 5.74) is 2.46.